The molecule has 1 rings (SSSR count). The lowest BCUT2D eigenvalue weighted by Crippen LogP contribution is -2.05. The van der Waals surface area contributed by atoms with Gasteiger partial charge in [0.2, 0.25) is 0 Å². The highest BCUT2D eigenvalue weighted by Crippen LogP contribution is 2.27. The van der Waals surface area contributed by atoms with E-state index in [1.807, 2.05) is 6.07 Å². The molecule has 1 aromatic rings. The van der Waals surface area contributed by atoms with Crippen LogP contribution in [0.4, 0.5) is 8.78 Å². The fourth-order valence-corrected chi connectivity index (χ4v) is 1.19. The van der Waals surface area contributed by atoms with Crippen molar-refractivity contribution in [3.63, 3.8) is 0 Å². The van der Waals surface area contributed by atoms with E-state index >= 15 is 0 Å². The van der Waals surface area contributed by atoms with Crippen LogP contribution in [0.5, 0.6) is 5.75 Å². The Morgan fingerprint density at radius 1 is 1.40 bits per heavy atom. The van der Waals surface area contributed by atoms with Gasteiger partial charge in [-0.25, -0.2) is 0 Å². The van der Waals surface area contributed by atoms with Crippen molar-refractivity contribution in [2.45, 2.75) is 20.5 Å². The van der Waals surface area contributed by atoms with E-state index in [4.69, 9.17) is 5.26 Å². The summed E-state index contributed by atoms with van der Waals surface area (Å²) in [5.74, 6) is 0.923. The van der Waals surface area contributed by atoms with Crippen LogP contribution in [-0.2, 0) is 0 Å². The van der Waals surface area contributed by atoms with Crippen LogP contribution in [-0.4, -0.2) is 6.61 Å². The maximum atomic E-state index is 12.0. The zero-order valence-corrected chi connectivity index (χ0v) is 8.42. The second-order valence-corrected chi connectivity index (χ2v) is 3.20. The first-order valence-electron chi connectivity index (χ1n) is 4.34. The lowest BCUT2D eigenvalue weighted by atomic mass is 10.00. The topological polar surface area (TPSA) is 33.0 Å². The van der Waals surface area contributed by atoms with Crippen molar-refractivity contribution < 1.29 is 13.5 Å². The Morgan fingerprint density at radius 2 is 2.07 bits per heavy atom. The lowest BCUT2D eigenvalue weighted by molar-refractivity contribution is -0.0502. The van der Waals surface area contributed by atoms with Gasteiger partial charge < -0.3 is 4.74 Å². The third kappa shape index (κ3) is 2.91. The van der Waals surface area contributed by atoms with Crippen molar-refractivity contribution in [1.29, 1.82) is 5.26 Å². The van der Waals surface area contributed by atoms with Gasteiger partial charge in [-0.3, -0.25) is 0 Å². The number of benzene rings is 1. The average molecular weight is 210 g/mol. The number of halogens is 2. The van der Waals surface area contributed by atoms with Crippen molar-refractivity contribution in [2.24, 2.45) is 0 Å². The van der Waals surface area contributed by atoms with E-state index in [2.05, 4.69) is 4.74 Å². The van der Waals surface area contributed by atoms with E-state index in [1.165, 1.54) is 18.2 Å². The van der Waals surface area contributed by atoms with Crippen molar-refractivity contribution >= 4 is 0 Å². The summed E-state index contributed by atoms with van der Waals surface area (Å²) < 4.78 is 28.4. The van der Waals surface area contributed by atoms with E-state index in [-0.39, 0.29) is 5.75 Å². The van der Waals surface area contributed by atoms with Crippen LogP contribution in [0.1, 0.15) is 25.0 Å². The summed E-state index contributed by atoms with van der Waals surface area (Å²) in [7, 11) is 0. The molecule has 0 unspecified atom stereocenters. The van der Waals surface area contributed by atoms with Gasteiger partial charge in [0.1, 0.15) is 5.75 Å². The van der Waals surface area contributed by atoms with Crippen LogP contribution >= 0.6 is 0 Å². The largest absolute Gasteiger partial charge is 0.435 e. The first-order chi connectivity index (χ1) is 7.04. The molecule has 0 spiro atoms. The molecule has 79 valence electrons. The number of alkyl halides is 2. The minimum absolute atomic E-state index is 0.101. The van der Waals surface area contributed by atoms with E-state index in [1.54, 1.807) is 13.8 Å². The summed E-state index contributed by atoms with van der Waals surface area (Å²) in [4.78, 5) is 0. The lowest BCUT2D eigenvalue weighted by Gasteiger charge is -2.12. The minimum Gasteiger partial charge on any atom is -0.435 e. The predicted octanol–water partition coefficient (Wildman–Crippen LogP) is 3.12. The minimum atomic E-state index is -2.85. The van der Waals surface area contributed by atoms with Crippen LogP contribution in [0.2, 0.25) is 0 Å². The van der Waals surface area contributed by atoms with Crippen molar-refractivity contribution in [2.75, 3.05) is 0 Å². The zero-order valence-electron chi connectivity index (χ0n) is 8.42. The molecule has 15 heavy (non-hydrogen) atoms. The Morgan fingerprint density at radius 3 is 2.53 bits per heavy atom. The van der Waals surface area contributed by atoms with E-state index in [9.17, 15) is 8.78 Å². The molecule has 0 aliphatic rings. The van der Waals surface area contributed by atoms with Crippen LogP contribution < -0.4 is 4.74 Å². The monoisotopic (exact) mass is 210 g/mol. The quantitative estimate of drug-likeness (QED) is 0.767. The molecule has 0 aromatic heterocycles. The first-order valence-corrected chi connectivity index (χ1v) is 4.34. The van der Waals surface area contributed by atoms with E-state index in [0.29, 0.717) is 11.1 Å². The zero-order chi connectivity index (χ0) is 11.4. The molecule has 0 bridgehead atoms. The Kier molecular flexibility index (Phi) is 3.62. The summed E-state index contributed by atoms with van der Waals surface area (Å²) in [6, 6.07) is 6.31. The van der Waals surface area contributed by atoms with Gasteiger partial charge in [0.15, 0.2) is 0 Å². The van der Waals surface area contributed by atoms with E-state index < -0.39 is 6.61 Å². The molecule has 4 heteroatoms. The molecule has 0 heterocycles. The van der Waals surface area contributed by atoms with Gasteiger partial charge in [-0.1, -0.05) is 13.8 Å². The summed E-state index contributed by atoms with van der Waals surface area (Å²) in [5.41, 5.74) is 0.960. The van der Waals surface area contributed by atoms with Gasteiger partial charge in [0.25, 0.3) is 0 Å². The summed E-state index contributed by atoms with van der Waals surface area (Å²) in [6.45, 7) is 0.694. The maximum Gasteiger partial charge on any atom is 0.387 e. The molecular formula is C11H10F2NO. The summed E-state index contributed by atoms with van der Waals surface area (Å²) in [6.07, 6.45) is 0. The molecule has 0 N–H and O–H groups in total. The second kappa shape index (κ2) is 4.74. The van der Waals surface area contributed by atoms with Crippen molar-refractivity contribution in [1.82, 2.24) is 0 Å². The maximum absolute atomic E-state index is 12.0. The number of rotatable bonds is 3. The standard InChI is InChI=1S/C11H10F2NO/c1-7(2)9-5-8(6-14)3-4-10(9)15-11(12)13/h3-5,11H,1-2H3. The van der Waals surface area contributed by atoms with Crippen molar-refractivity contribution in [3.05, 3.63) is 35.2 Å². The number of ether oxygens (including phenoxy) is 1. The van der Waals surface area contributed by atoms with Crippen LogP contribution in [0, 0.1) is 17.2 Å². The smallest absolute Gasteiger partial charge is 0.387 e. The number of hydrogen-bond donors (Lipinski definition) is 0. The van der Waals surface area contributed by atoms with Gasteiger partial charge >= 0.3 is 6.61 Å². The first kappa shape index (κ1) is 11.4. The third-order valence-electron chi connectivity index (χ3n) is 1.86. The third-order valence-corrected chi connectivity index (χ3v) is 1.86. The van der Waals surface area contributed by atoms with Gasteiger partial charge in [0, 0.05) is 11.5 Å². The molecule has 2 nitrogen and oxygen atoms in total. The van der Waals surface area contributed by atoms with E-state index in [0.717, 1.165) is 5.92 Å². The molecule has 0 saturated carbocycles. The Balaban J connectivity index is 3.11. The number of nitriles is 1. The van der Waals surface area contributed by atoms with Gasteiger partial charge in [0.05, 0.1) is 11.6 Å². The predicted molar refractivity (Wildman–Crippen MR) is 51.5 cm³/mol. The highest BCUT2D eigenvalue weighted by atomic mass is 19.3. The molecule has 0 saturated heterocycles. The number of nitrogens with zero attached hydrogens (tertiary/aromatic N) is 1. The van der Waals surface area contributed by atoms with Gasteiger partial charge in [-0.2, -0.15) is 14.0 Å². The molecule has 0 atom stereocenters. The normalized spacial score (nSPS) is 10.5. The second-order valence-electron chi connectivity index (χ2n) is 3.20. The molecular weight excluding hydrogens is 200 g/mol. The van der Waals surface area contributed by atoms with Gasteiger partial charge in [-0.05, 0) is 18.2 Å². The fraction of sp³-hybridized carbons (Fsp3) is 0.273. The summed E-state index contributed by atoms with van der Waals surface area (Å²) in [5, 5.41) is 8.67. The number of hydrogen-bond acceptors (Lipinski definition) is 2. The molecule has 1 radical (unpaired) electrons. The highest BCUT2D eigenvalue weighted by Gasteiger charge is 2.13. The van der Waals surface area contributed by atoms with Crippen LogP contribution in [0.25, 0.3) is 0 Å². The summed E-state index contributed by atoms with van der Waals surface area (Å²) >= 11 is 0. The fourth-order valence-electron chi connectivity index (χ4n) is 1.19. The molecule has 1 aromatic carbocycles. The molecule has 0 aliphatic carbocycles. The highest BCUT2D eigenvalue weighted by molar-refractivity contribution is 5.47. The Bertz CT molecular complexity index is 383. The Hall–Kier alpha value is -1.63. The van der Waals surface area contributed by atoms with Gasteiger partial charge in [-0.15, -0.1) is 0 Å². The van der Waals surface area contributed by atoms with Crippen molar-refractivity contribution in [3.8, 4) is 11.8 Å². The molecule has 0 amide bonds. The SMILES string of the molecule is C[C](C)c1cc(C#N)ccc1OC(F)F. The van der Waals surface area contributed by atoms with Crippen LogP contribution in [0.3, 0.4) is 0 Å². The Labute approximate surface area is 87.1 Å². The molecule has 0 aliphatic heterocycles. The average Bonchev–Trinajstić information content (AvgIpc) is 2.17. The van der Waals surface area contributed by atoms with Crippen LogP contribution in [0.15, 0.2) is 18.2 Å². The molecule has 0 fully saturated rings.